The number of likely N-dealkylation sites (tertiary alicyclic amines) is 1. The van der Waals surface area contributed by atoms with Crippen molar-refractivity contribution in [3.63, 3.8) is 0 Å². The molecule has 1 aromatic rings. The lowest BCUT2D eigenvalue weighted by Crippen LogP contribution is -2.49. The number of hydrogen-bond donors (Lipinski definition) is 2. The van der Waals surface area contributed by atoms with Gasteiger partial charge in [-0.25, -0.2) is 4.39 Å². The lowest BCUT2D eigenvalue weighted by atomic mass is 10.00. The van der Waals surface area contributed by atoms with Gasteiger partial charge in [-0.05, 0) is 37.5 Å². The lowest BCUT2D eigenvalue weighted by molar-refractivity contribution is -0.140. The van der Waals surface area contributed by atoms with Crippen LogP contribution >= 0.6 is 0 Å². The van der Waals surface area contributed by atoms with Crippen LogP contribution in [-0.4, -0.2) is 42.4 Å². The van der Waals surface area contributed by atoms with Gasteiger partial charge in [-0.15, -0.1) is 0 Å². The molecule has 0 aromatic heterocycles. The van der Waals surface area contributed by atoms with Crippen LogP contribution in [0.3, 0.4) is 0 Å². The van der Waals surface area contributed by atoms with Crippen LogP contribution in [0.2, 0.25) is 0 Å². The van der Waals surface area contributed by atoms with Crippen molar-refractivity contribution < 1.29 is 27.2 Å². The second kappa shape index (κ2) is 8.48. The Hall–Kier alpha value is -2.16. The minimum Gasteiger partial charge on any atom is -0.354 e. The molecule has 1 unspecified atom stereocenters. The summed E-state index contributed by atoms with van der Waals surface area (Å²) in [6.45, 7) is 0.780. The van der Waals surface area contributed by atoms with E-state index >= 15 is 0 Å². The normalized spacial score (nSPS) is 17.9. The van der Waals surface area contributed by atoms with Crippen LogP contribution in [0, 0.1) is 5.82 Å². The molecule has 1 aliphatic heterocycles. The number of piperidine rings is 1. The number of carbonyl (C=O) groups is 2. The van der Waals surface area contributed by atoms with E-state index in [1.165, 1.54) is 4.90 Å². The van der Waals surface area contributed by atoms with E-state index in [9.17, 15) is 27.2 Å². The molecule has 144 valence electrons. The third-order valence-corrected chi connectivity index (χ3v) is 4.31. The number of halogens is 4. The first-order chi connectivity index (χ1) is 12.2. The van der Waals surface area contributed by atoms with Crippen LogP contribution in [-0.2, 0) is 11.0 Å². The average molecular weight is 375 g/mol. The molecule has 1 aliphatic rings. The fraction of sp³-hybridized carbons (Fsp3) is 0.529. The summed E-state index contributed by atoms with van der Waals surface area (Å²) >= 11 is 0. The van der Waals surface area contributed by atoms with Crippen LogP contribution in [0.1, 0.15) is 41.6 Å². The molecule has 2 amide bonds. The van der Waals surface area contributed by atoms with E-state index in [1.54, 1.807) is 0 Å². The van der Waals surface area contributed by atoms with Gasteiger partial charge in [0, 0.05) is 37.7 Å². The van der Waals surface area contributed by atoms with Gasteiger partial charge in [-0.1, -0.05) is 0 Å². The maximum Gasteiger partial charge on any atom is 0.419 e. The highest BCUT2D eigenvalue weighted by molar-refractivity contribution is 5.94. The van der Waals surface area contributed by atoms with Gasteiger partial charge in [0.1, 0.15) is 5.82 Å². The molecule has 3 N–H and O–H groups in total. The minimum absolute atomic E-state index is 0.160. The summed E-state index contributed by atoms with van der Waals surface area (Å²) < 4.78 is 52.0. The van der Waals surface area contributed by atoms with E-state index in [1.807, 2.05) is 0 Å². The number of carbonyl (C=O) groups excluding carboxylic acids is 2. The first-order valence-corrected chi connectivity index (χ1v) is 8.38. The fourth-order valence-corrected chi connectivity index (χ4v) is 2.97. The van der Waals surface area contributed by atoms with E-state index < -0.39 is 23.5 Å². The molecule has 1 atom stereocenters. The second-order valence-electron chi connectivity index (χ2n) is 6.18. The molecule has 0 spiro atoms. The van der Waals surface area contributed by atoms with Gasteiger partial charge < -0.3 is 16.0 Å². The summed E-state index contributed by atoms with van der Waals surface area (Å²) in [5.41, 5.74) is 3.62. The zero-order valence-electron chi connectivity index (χ0n) is 14.1. The Balaban J connectivity index is 2.16. The molecule has 1 fully saturated rings. The van der Waals surface area contributed by atoms with Crippen molar-refractivity contribution in [2.24, 2.45) is 5.73 Å². The number of amides is 2. The van der Waals surface area contributed by atoms with Gasteiger partial charge in [-0.3, -0.25) is 9.59 Å². The third-order valence-electron chi connectivity index (χ3n) is 4.31. The summed E-state index contributed by atoms with van der Waals surface area (Å²) in [5.74, 6) is -2.27. The van der Waals surface area contributed by atoms with E-state index in [-0.39, 0.29) is 37.0 Å². The van der Waals surface area contributed by atoms with Crippen molar-refractivity contribution in [2.45, 2.75) is 37.9 Å². The van der Waals surface area contributed by atoms with Gasteiger partial charge in [0.2, 0.25) is 5.91 Å². The molecular formula is C17H21F4N3O2. The summed E-state index contributed by atoms with van der Waals surface area (Å²) in [6, 6.07) is 1.91. The Morgan fingerprint density at radius 3 is 2.65 bits per heavy atom. The Morgan fingerprint density at radius 1 is 1.27 bits per heavy atom. The first-order valence-electron chi connectivity index (χ1n) is 8.38. The van der Waals surface area contributed by atoms with Crippen LogP contribution in [0.15, 0.2) is 18.2 Å². The lowest BCUT2D eigenvalue weighted by Gasteiger charge is -2.36. The van der Waals surface area contributed by atoms with Gasteiger partial charge in [0.25, 0.3) is 5.91 Å². The van der Waals surface area contributed by atoms with Crippen molar-refractivity contribution in [1.29, 1.82) is 0 Å². The Morgan fingerprint density at radius 2 is 2.00 bits per heavy atom. The topological polar surface area (TPSA) is 75.4 Å². The van der Waals surface area contributed by atoms with E-state index in [2.05, 4.69) is 5.32 Å². The number of rotatable bonds is 5. The summed E-state index contributed by atoms with van der Waals surface area (Å²) in [4.78, 5) is 25.7. The first kappa shape index (κ1) is 20.2. The van der Waals surface area contributed by atoms with Crippen molar-refractivity contribution >= 4 is 11.8 Å². The SMILES string of the molecule is NCCC(=O)NCC1CCCCN1C(=O)c1ccc(F)c(C(F)(F)F)c1. The molecule has 26 heavy (non-hydrogen) atoms. The third kappa shape index (κ3) is 4.94. The monoisotopic (exact) mass is 375 g/mol. The molecule has 1 saturated heterocycles. The zero-order valence-corrected chi connectivity index (χ0v) is 14.1. The highest BCUT2D eigenvalue weighted by Crippen LogP contribution is 2.32. The molecule has 0 bridgehead atoms. The Kier molecular flexibility index (Phi) is 6.57. The minimum atomic E-state index is -4.88. The van der Waals surface area contributed by atoms with Crippen LogP contribution < -0.4 is 11.1 Å². The van der Waals surface area contributed by atoms with Crippen LogP contribution in [0.5, 0.6) is 0 Å². The van der Waals surface area contributed by atoms with Crippen molar-refractivity contribution in [3.8, 4) is 0 Å². The molecule has 0 saturated carbocycles. The summed E-state index contributed by atoms with van der Waals surface area (Å²) in [6.07, 6.45) is -2.53. The van der Waals surface area contributed by atoms with Crippen molar-refractivity contribution in [2.75, 3.05) is 19.6 Å². The van der Waals surface area contributed by atoms with E-state index in [0.29, 0.717) is 31.5 Å². The largest absolute Gasteiger partial charge is 0.419 e. The average Bonchev–Trinajstić information content (AvgIpc) is 2.59. The molecule has 5 nitrogen and oxygen atoms in total. The van der Waals surface area contributed by atoms with E-state index in [4.69, 9.17) is 5.73 Å². The Labute approximate surface area is 148 Å². The van der Waals surface area contributed by atoms with Crippen LogP contribution in [0.4, 0.5) is 17.6 Å². The summed E-state index contributed by atoms with van der Waals surface area (Å²) in [5, 5.41) is 2.68. The standard InChI is InChI=1S/C17H21F4N3O2/c18-14-5-4-11(9-13(14)17(19,20)21)16(26)24-8-2-1-3-12(24)10-23-15(25)6-7-22/h4-5,9,12H,1-3,6-8,10,22H2,(H,23,25). The highest BCUT2D eigenvalue weighted by Gasteiger charge is 2.36. The number of hydrogen-bond acceptors (Lipinski definition) is 3. The quantitative estimate of drug-likeness (QED) is 0.776. The zero-order chi connectivity index (χ0) is 19.3. The molecule has 2 rings (SSSR count). The van der Waals surface area contributed by atoms with Gasteiger partial charge in [0.15, 0.2) is 0 Å². The fourth-order valence-electron chi connectivity index (χ4n) is 2.97. The molecule has 9 heteroatoms. The second-order valence-corrected chi connectivity index (χ2v) is 6.18. The number of alkyl halides is 3. The molecule has 0 radical (unpaired) electrons. The summed E-state index contributed by atoms with van der Waals surface area (Å²) in [7, 11) is 0. The van der Waals surface area contributed by atoms with Gasteiger partial charge in [0.05, 0.1) is 5.56 Å². The molecular weight excluding hydrogens is 354 g/mol. The van der Waals surface area contributed by atoms with Crippen molar-refractivity contribution in [3.05, 3.63) is 35.1 Å². The predicted octanol–water partition coefficient (Wildman–Crippen LogP) is 2.30. The number of nitrogens with zero attached hydrogens (tertiary/aromatic N) is 1. The predicted molar refractivity (Wildman–Crippen MR) is 86.8 cm³/mol. The number of nitrogens with two attached hydrogens (primary N) is 1. The van der Waals surface area contributed by atoms with Crippen LogP contribution in [0.25, 0.3) is 0 Å². The van der Waals surface area contributed by atoms with Crippen molar-refractivity contribution in [1.82, 2.24) is 10.2 Å². The smallest absolute Gasteiger partial charge is 0.354 e. The maximum absolute atomic E-state index is 13.4. The van der Waals surface area contributed by atoms with Gasteiger partial charge in [-0.2, -0.15) is 13.2 Å². The molecule has 1 aromatic carbocycles. The Bertz CT molecular complexity index is 664. The highest BCUT2D eigenvalue weighted by atomic mass is 19.4. The van der Waals surface area contributed by atoms with E-state index in [0.717, 1.165) is 12.5 Å². The van der Waals surface area contributed by atoms with Gasteiger partial charge >= 0.3 is 6.18 Å². The molecule has 0 aliphatic carbocycles. The number of benzene rings is 1. The molecule has 1 heterocycles. The maximum atomic E-state index is 13.4. The number of nitrogens with one attached hydrogen (secondary N) is 1.